The summed E-state index contributed by atoms with van der Waals surface area (Å²) < 4.78 is 2.37. The summed E-state index contributed by atoms with van der Waals surface area (Å²) in [5, 5.41) is 13.7. The first-order chi connectivity index (χ1) is 26.0. The van der Waals surface area contributed by atoms with Gasteiger partial charge in [0.2, 0.25) is 0 Å². The van der Waals surface area contributed by atoms with Gasteiger partial charge in [-0.3, -0.25) is 0 Å². The number of aromatic nitrogens is 2. The van der Waals surface area contributed by atoms with Gasteiger partial charge in [-0.2, -0.15) is 16.6 Å². The number of nitrogens with zero attached hydrogens (tertiary/aromatic N) is 3. The van der Waals surface area contributed by atoms with Gasteiger partial charge < -0.3 is 9.97 Å². The summed E-state index contributed by atoms with van der Waals surface area (Å²) in [5.74, 6) is 1.26. The van der Waals surface area contributed by atoms with Crippen molar-refractivity contribution in [1.82, 2.24) is 9.97 Å². The van der Waals surface area contributed by atoms with E-state index in [-0.39, 0.29) is 25.5 Å². The normalized spacial score (nSPS) is 13.4. The molecule has 1 aliphatic rings. The minimum atomic E-state index is -1.34. The van der Waals surface area contributed by atoms with E-state index < -0.39 is 8.07 Å². The number of rotatable bonds is 7. The summed E-state index contributed by atoms with van der Waals surface area (Å²) in [5.41, 5.74) is 9.80. The van der Waals surface area contributed by atoms with Crippen molar-refractivity contribution in [3.05, 3.63) is 138 Å². The first kappa shape index (κ1) is 40.4. The molecule has 1 fully saturated rings. The largest absolute Gasteiger partial charge is 0.305 e. The van der Waals surface area contributed by atoms with Gasteiger partial charge in [0.15, 0.2) is 0 Å². The van der Waals surface area contributed by atoms with Crippen LogP contribution in [0.15, 0.2) is 109 Å². The zero-order valence-corrected chi connectivity index (χ0v) is 37.2. The van der Waals surface area contributed by atoms with Gasteiger partial charge in [-0.1, -0.05) is 114 Å². The molecule has 0 spiro atoms. The van der Waals surface area contributed by atoms with Crippen molar-refractivity contribution in [2.24, 2.45) is 5.92 Å². The molecule has 1 saturated carbocycles. The van der Waals surface area contributed by atoms with Crippen LogP contribution >= 0.6 is 11.3 Å². The monoisotopic (exact) mass is 932 g/mol. The molecule has 0 N–H and O–H groups in total. The quantitative estimate of drug-likeness (QED) is 0.118. The Morgan fingerprint density at radius 2 is 1.56 bits per heavy atom. The fourth-order valence-corrected chi connectivity index (χ4v) is 10.8. The second-order valence-electron chi connectivity index (χ2n) is 16.5. The molecule has 55 heavy (non-hydrogen) atoms. The van der Waals surface area contributed by atoms with Crippen molar-refractivity contribution in [3.63, 3.8) is 0 Å². The zero-order valence-electron chi connectivity index (χ0n) is 33.0. The first-order valence-corrected chi connectivity index (χ1v) is 23.6. The first-order valence-electron chi connectivity index (χ1n) is 19.3. The van der Waals surface area contributed by atoms with Crippen LogP contribution in [0.1, 0.15) is 76.0 Å². The average Bonchev–Trinajstić information content (AvgIpc) is 3.87. The topological polar surface area (TPSA) is 49.6 Å². The van der Waals surface area contributed by atoms with Crippen molar-refractivity contribution < 1.29 is 20.1 Å². The van der Waals surface area contributed by atoms with E-state index in [1.165, 1.54) is 51.4 Å². The van der Waals surface area contributed by atoms with E-state index in [1.54, 1.807) is 11.3 Å². The zero-order chi connectivity index (χ0) is 38.0. The van der Waals surface area contributed by atoms with Gasteiger partial charge in [0, 0.05) is 42.8 Å². The molecule has 1 radical (unpaired) electrons. The molecule has 0 bridgehead atoms. The molecular formula is C49H49IrN3SSi-2. The Morgan fingerprint density at radius 3 is 2.24 bits per heavy atom. The molecule has 3 nitrogen and oxygen atoms in total. The van der Waals surface area contributed by atoms with Crippen LogP contribution in [-0.2, 0) is 25.5 Å². The molecule has 8 rings (SSSR count). The van der Waals surface area contributed by atoms with Gasteiger partial charge in [0.1, 0.15) is 0 Å². The van der Waals surface area contributed by atoms with Crippen molar-refractivity contribution in [3.8, 4) is 39.7 Å². The van der Waals surface area contributed by atoms with Gasteiger partial charge in [0.25, 0.3) is 0 Å². The molecule has 3 aromatic heterocycles. The van der Waals surface area contributed by atoms with Crippen LogP contribution in [0.2, 0.25) is 19.6 Å². The summed E-state index contributed by atoms with van der Waals surface area (Å²) in [4.78, 5) is 9.42. The molecule has 3 heterocycles. The minimum Gasteiger partial charge on any atom is -0.305 e. The van der Waals surface area contributed by atoms with Crippen molar-refractivity contribution in [2.45, 2.75) is 84.4 Å². The number of benzene rings is 4. The molecule has 6 heteroatoms. The van der Waals surface area contributed by atoms with Gasteiger partial charge in [-0.05, 0) is 86.1 Å². The summed E-state index contributed by atoms with van der Waals surface area (Å²) >= 11 is 1.76. The third kappa shape index (κ3) is 8.47. The second-order valence-corrected chi connectivity index (χ2v) is 22.7. The Hall–Kier alpha value is -4.24. The fourth-order valence-electron chi connectivity index (χ4n) is 8.10. The van der Waals surface area contributed by atoms with Crippen LogP contribution in [0.5, 0.6) is 0 Å². The number of fused-ring (bicyclic) bond motifs is 3. The van der Waals surface area contributed by atoms with E-state index in [4.69, 9.17) is 4.98 Å². The van der Waals surface area contributed by atoms with E-state index >= 15 is 0 Å². The van der Waals surface area contributed by atoms with E-state index in [1.807, 2.05) is 48.7 Å². The second kappa shape index (κ2) is 16.9. The average molecular weight is 932 g/mol. The Kier molecular flexibility index (Phi) is 12.4. The predicted octanol–water partition coefficient (Wildman–Crippen LogP) is 13.1. The molecule has 281 valence electrons. The number of hydrogen-bond donors (Lipinski definition) is 0. The Bertz CT molecular complexity index is 2450. The molecule has 0 aliphatic heterocycles. The van der Waals surface area contributed by atoms with Gasteiger partial charge >= 0.3 is 0 Å². The Balaban J connectivity index is 0.000000219. The Morgan fingerprint density at radius 1 is 0.836 bits per heavy atom. The molecular weight excluding hydrogens is 883 g/mol. The van der Waals surface area contributed by atoms with E-state index in [2.05, 4.69) is 131 Å². The standard InChI is InChI=1S/C32H27N2S.C17H22NSi.Ir/c1-32(2,24-10-6-7-11-24)25-16-17-34-27(19-25)22-12-14-28-26(18-22)31-29(35-28)15-13-23(20-33)30(31)21-8-4-3-5-9-21;1-13(2)15-11-16(14-9-7-6-8-10-14)18-12-17(15)19(3,4)5;/h3-5,8-9,13-19,24H,6-7,10-11H2,1-2H3;6-9,11-13H,1-5H3;/q2*-1;. The smallest absolute Gasteiger partial charge is 0.0998 e. The summed E-state index contributed by atoms with van der Waals surface area (Å²) in [7, 11) is -1.34. The molecule has 7 aromatic rings. The van der Waals surface area contributed by atoms with E-state index in [0.717, 1.165) is 50.3 Å². The maximum absolute atomic E-state index is 9.92. The fraction of sp³-hybridized carbons (Fsp3) is 0.286. The third-order valence-corrected chi connectivity index (χ3v) is 14.4. The van der Waals surface area contributed by atoms with Gasteiger partial charge in [-0.25, -0.2) is 0 Å². The minimum absolute atomic E-state index is 0. The number of hydrogen-bond acceptors (Lipinski definition) is 4. The van der Waals surface area contributed by atoms with Crippen molar-refractivity contribution in [1.29, 1.82) is 5.26 Å². The molecule has 0 unspecified atom stereocenters. The van der Waals surface area contributed by atoms with Crippen LogP contribution in [-0.4, -0.2) is 18.0 Å². The maximum Gasteiger partial charge on any atom is 0.0998 e. The van der Waals surface area contributed by atoms with Crippen LogP contribution in [0.4, 0.5) is 0 Å². The summed E-state index contributed by atoms with van der Waals surface area (Å²) in [6.07, 6.45) is 9.36. The summed E-state index contributed by atoms with van der Waals surface area (Å²) in [6, 6.07) is 42.5. The molecule has 0 saturated heterocycles. The number of nitriles is 1. The van der Waals surface area contributed by atoms with Crippen LogP contribution in [0.25, 0.3) is 53.8 Å². The molecule has 0 amide bonds. The van der Waals surface area contributed by atoms with E-state index in [9.17, 15) is 5.26 Å². The van der Waals surface area contributed by atoms with Gasteiger partial charge in [-0.15, -0.1) is 59.7 Å². The molecule has 4 aromatic carbocycles. The third-order valence-electron chi connectivity index (χ3n) is 11.3. The Labute approximate surface area is 346 Å². The molecule has 1 aliphatic carbocycles. The van der Waals surface area contributed by atoms with Crippen molar-refractivity contribution in [2.75, 3.05) is 0 Å². The SMILES string of the molecule is CC(C)(c1ccnc(-c2[c-]cc3sc4ccc(C#N)c(-c5ccccc5)c4c3c2)c1)C1CCCC1.CC(C)c1cc(-c2[c-]cccc2)ncc1[Si](C)(C)C.[Ir]. The van der Waals surface area contributed by atoms with Crippen LogP contribution in [0.3, 0.4) is 0 Å². The predicted molar refractivity (Wildman–Crippen MR) is 232 cm³/mol. The molecule has 0 atom stereocenters. The number of pyridine rings is 2. The number of thiophene rings is 1. The van der Waals surface area contributed by atoms with E-state index in [0.29, 0.717) is 11.5 Å². The van der Waals surface area contributed by atoms with Gasteiger partial charge in [0.05, 0.1) is 19.7 Å². The van der Waals surface area contributed by atoms with Crippen molar-refractivity contribution >= 4 is 44.8 Å². The summed E-state index contributed by atoms with van der Waals surface area (Å²) in [6.45, 7) is 16.4. The van der Waals surface area contributed by atoms with Crippen LogP contribution in [0, 0.1) is 29.4 Å². The maximum atomic E-state index is 9.92. The van der Waals surface area contributed by atoms with Crippen LogP contribution < -0.4 is 5.19 Å².